The molecule has 1 saturated heterocycles. The Morgan fingerprint density at radius 3 is 3.12 bits per heavy atom. The van der Waals surface area contributed by atoms with Gasteiger partial charge in [0, 0.05) is 12.6 Å². The van der Waals surface area contributed by atoms with Gasteiger partial charge in [0.1, 0.15) is 30.1 Å². The maximum absolute atomic E-state index is 11.8. The van der Waals surface area contributed by atoms with Crippen LogP contribution in [0.3, 0.4) is 0 Å². The Morgan fingerprint density at radius 1 is 1.58 bits per heavy atom. The fourth-order valence-corrected chi connectivity index (χ4v) is 3.18. The molecule has 0 saturated carbocycles. The van der Waals surface area contributed by atoms with Crippen molar-refractivity contribution in [1.82, 2.24) is 14.5 Å². The summed E-state index contributed by atoms with van der Waals surface area (Å²) < 4.78 is 13.4. The topological polar surface area (TPSA) is 92.3 Å². The third kappa shape index (κ3) is 3.51. The number of fused-ring (bicyclic) bond motifs is 1. The highest BCUT2D eigenvalue weighted by atomic mass is 16.6. The summed E-state index contributed by atoms with van der Waals surface area (Å²) in [7, 11) is 0. The van der Waals surface area contributed by atoms with Gasteiger partial charge in [0.15, 0.2) is 5.60 Å². The molecule has 0 amide bonds. The molecule has 2 atom stereocenters. The number of unbranched alkanes of at least 4 members (excludes halogenated alkanes) is 1. The first-order valence-electron chi connectivity index (χ1n) is 8.90. The molecule has 1 fully saturated rings. The van der Waals surface area contributed by atoms with E-state index in [0.29, 0.717) is 36.6 Å². The first-order chi connectivity index (χ1) is 12.5. The van der Waals surface area contributed by atoms with E-state index in [-0.39, 0.29) is 18.8 Å². The molecule has 0 bridgehead atoms. The van der Waals surface area contributed by atoms with Gasteiger partial charge in [0.25, 0.3) is 0 Å². The standard InChI is InChI=1S/C19H24N4O3/c1-4-6-7-16(24)25-12-19(5-2)10-8-15(26-19)23-11-9-14-17(20)21-13(3)22-18(14)23/h2,9,11,15H,4,6-8,10,12H2,1,3H3,(H2,20,21,22)/t15?,19-/m0/s1. The van der Waals surface area contributed by atoms with Crippen molar-refractivity contribution < 1.29 is 14.3 Å². The third-order valence-electron chi connectivity index (χ3n) is 4.64. The average Bonchev–Trinajstić information content (AvgIpc) is 3.23. The highest BCUT2D eigenvalue weighted by Gasteiger charge is 2.41. The fourth-order valence-electron chi connectivity index (χ4n) is 3.18. The SMILES string of the molecule is C#C[C@@]1(COC(=O)CCCC)CCC(n2ccc3c(N)nc(C)nc32)O1. The number of carbonyl (C=O) groups is 1. The molecule has 2 N–H and O–H groups in total. The van der Waals surface area contributed by atoms with Gasteiger partial charge in [0.05, 0.1) is 5.39 Å². The van der Waals surface area contributed by atoms with Gasteiger partial charge in [-0.15, -0.1) is 6.42 Å². The van der Waals surface area contributed by atoms with E-state index >= 15 is 0 Å². The van der Waals surface area contributed by atoms with Crippen LogP contribution in [0, 0.1) is 19.3 Å². The van der Waals surface area contributed by atoms with Crippen LogP contribution in [0.2, 0.25) is 0 Å². The molecule has 0 aromatic carbocycles. The second-order valence-electron chi connectivity index (χ2n) is 6.63. The molecule has 138 valence electrons. The largest absolute Gasteiger partial charge is 0.462 e. The van der Waals surface area contributed by atoms with Crippen LogP contribution in [0.15, 0.2) is 12.3 Å². The van der Waals surface area contributed by atoms with Crippen LogP contribution >= 0.6 is 0 Å². The number of nitrogens with zero attached hydrogens (tertiary/aromatic N) is 3. The molecule has 7 heteroatoms. The Morgan fingerprint density at radius 2 is 2.38 bits per heavy atom. The predicted octanol–water partition coefficient (Wildman–Crippen LogP) is 2.74. The molecule has 2 aromatic heterocycles. The monoisotopic (exact) mass is 356 g/mol. The lowest BCUT2D eigenvalue weighted by molar-refractivity contribution is -0.152. The number of anilines is 1. The Labute approximate surface area is 152 Å². The van der Waals surface area contributed by atoms with E-state index in [4.69, 9.17) is 21.6 Å². The van der Waals surface area contributed by atoms with E-state index in [2.05, 4.69) is 15.9 Å². The lowest BCUT2D eigenvalue weighted by Crippen LogP contribution is -2.34. The van der Waals surface area contributed by atoms with Gasteiger partial charge in [-0.1, -0.05) is 19.3 Å². The summed E-state index contributed by atoms with van der Waals surface area (Å²) in [5, 5.41) is 0.781. The van der Waals surface area contributed by atoms with E-state index in [1.165, 1.54) is 0 Å². The van der Waals surface area contributed by atoms with E-state index in [1.54, 1.807) is 6.92 Å². The minimum atomic E-state index is -0.906. The molecule has 3 heterocycles. The Balaban J connectivity index is 1.75. The summed E-state index contributed by atoms with van der Waals surface area (Å²) in [6, 6.07) is 1.87. The normalized spacial score (nSPS) is 22.4. The highest BCUT2D eigenvalue weighted by Crippen LogP contribution is 2.38. The first-order valence-corrected chi connectivity index (χ1v) is 8.90. The molecule has 7 nitrogen and oxygen atoms in total. The molecule has 1 aliphatic rings. The number of ether oxygens (including phenoxy) is 2. The minimum Gasteiger partial charge on any atom is -0.462 e. The number of carbonyl (C=O) groups excluding carboxylic acids is 1. The van der Waals surface area contributed by atoms with E-state index in [0.717, 1.165) is 18.2 Å². The van der Waals surface area contributed by atoms with Gasteiger partial charge in [0.2, 0.25) is 0 Å². The zero-order valence-corrected chi connectivity index (χ0v) is 15.2. The number of hydrogen-bond donors (Lipinski definition) is 1. The van der Waals surface area contributed by atoms with Crippen molar-refractivity contribution in [2.24, 2.45) is 0 Å². The molecular formula is C19H24N4O3. The van der Waals surface area contributed by atoms with Crippen molar-refractivity contribution in [3.05, 3.63) is 18.1 Å². The molecule has 3 rings (SSSR count). The third-order valence-corrected chi connectivity index (χ3v) is 4.64. The second kappa shape index (κ2) is 7.34. The maximum Gasteiger partial charge on any atom is 0.305 e. The van der Waals surface area contributed by atoms with Crippen LogP contribution in [0.1, 0.15) is 51.1 Å². The van der Waals surface area contributed by atoms with Crippen LogP contribution in [-0.2, 0) is 14.3 Å². The lowest BCUT2D eigenvalue weighted by atomic mass is 10.0. The van der Waals surface area contributed by atoms with Crippen LogP contribution in [0.25, 0.3) is 11.0 Å². The summed E-state index contributed by atoms with van der Waals surface area (Å²) in [5.74, 6) is 3.48. The van der Waals surface area contributed by atoms with Crippen LogP contribution in [0.4, 0.5) is 5.82 Å². The number of esters is 1. The summed E-state index contributed by atoms with van der Waals surface area (Å²) in [6.07, 6.45) is 10.8. The van der Waals surface area contributed by atoms with Gasteiger partial charge >= 0.3 is 5.97 Å². The van der Waals surface area contributed by atoms with Crippen molar-refractivity contribution >= 4 is 22.8 Å². The zero-order valence-electron chi connectivity index (χ0n) is 15.2. The summed E-state index contributed by atoms with van der Waals surface area (Å²) in [4.78, 5) is 20.5. The summed E-state index contributed by atoms with van der Waals surface area (Å²) in [5.41, 5.74) is 5.78. The number of nitrogen functional groups attached to an aromatic ring is 1. The van der Waals surface area contributed by atoms with Crippen LogP contribution in [-0.4, -0.2) is 32.7 Å². The molecule has 1 unspecified atom stereocenters. The van der Waals surface area contributed by atoms with Crippen molar-refractivity contribution in [1.29, 1.82) is 0 Å². The quantitative estimate of drug-likeness (QED) is 0.632. The Bertz CT molecular complexity index is 854. The molecule has 26 heavy (non-hydrogen) atoms. The Hall–Kier alpha value is -2.59. The van der Waals surface area contributed by atoms with E-state index in [9.17, 15) is 4.79 Å². The average molecular weight is 356 g/mol. The highest BCUT2D eigenvalue weighted by molar-refractivity contribution is 5.86. The minimum absolute atomic E-state index is 0.0674. The number of nitrogens with two attached hydrogens (primary N) is 1. The van der Waals surface area contributed by atoms with Gasteiger partial charge in [-0.3, -0.25) is 4.79 Å². The van der Waals surface area contributed by atoms with E-state index < -0.39 is 5.60 Å². The summed E-state index contributed by atoms with van der Waals surface area (Å²) >= 11 is 0. The molecule has 0 radical (unpaired) electrons. The van der Waals surface area contributed by atoms with Crippen molar-refractivity contribution in [2.45, 2.75) is 57.8 Å². The number of hydrogen-bond acceptors (Lipinski definition) is 6. The second-order valence-corrected chi connectivity index (χ2v) is 6.63. The van der Waals surface area contributed by atoms with Crippen molar-refractivity contribution in [3.8, 4) is 12.3 Å². The zero-order chi connectivity index (χ0) is 18.7. The van der Waals surface area contributed by atoms with Gasteiger partial charge < -0.3 is 19.8 Å². The van der Waals surface area contributed by atoms with Gasteiger partial charge in [-0.25, -0.2) is 9.97 Å². The van der Waals surface area contributed by atoms with Gasteiger partial charge in [-0.05, 0) is 32.3 Å². The number of aromatic nitrogens is 3. The lowest BCUT2D eigenvalue weighted by Gasteiger charge is -2.24. The predicted molar refractivity (Wildman–Crippen MR) is 98.1 cm³/mol. The molecule has 2 aromatic rings. The summed E-state index contributed by atoms with van der Waals surface area (Å²) in [6.45, 7) is 3.89. The Kier molecular flexibility index (Phi) is 5.14. The first kappa shape index (κ1) is 18.2. The molecule has 1 aliphatic heterocycles. The molecule has 0 spiro atoms. The maximum atomic E-state index is 11.8. The van der Waals surface area contributed by atoms with Crippen molar-refractivity contribution in [3.63, 3.8) is 0 Å². The van der Waals surface area contributed by atoms with Gasteiger partial charge in [-0.2, -0.15) is 0 Å². The smallest absolute Gasteiger partial charge is 0.305 e. The van der Waals surface area contributed by atoms with Crippen LogP contribution in [0.5, 0.6) is 0 Å². The molecule has 0 aliphatic carbocycles. The van der Waals surface area contributed by atoms with E-state index in [1.807, 2.05) is 23.8 Å². The number of rotatable bonds is 6. The van der Waals surface area contributed by atoms with Crippen LogP contribution < -0.4 is 5.73 Å². The fraction of sp³-hybridized carbons (Fsp3) is 0.526. The molecular weight excluding hydrogens is 332 g/mol. The van der Waals surface area contributed by atoms with Crippen molar-refractivity contribution in [2.75, 3.05) is 12.3 Å². The number of aryl methyl sites for hydroxylation is 1. The number of terminal acetylenes is 1.